The number of nitrogens with one attached hydrogen (secondary N) is 1. The fourth-order valence-electron chi connectivity index (χ4n) is 0.861. The Labute approximate surface area is 92.1 Å². The summed E-state index contributed by atoms with van der Waals surface area (Å²) in [5, 5.41) is 14.1. The summed E-state index contributed by atoms with van der Waals surface area (Å²) in [5.41, 5.74) is 5.34. The lowest BCUT2D eigenvalue weighted by Crippen LogP contribution is -2.32. The number of aromatic nitrogens is 2. The number of amides is 1. The van der Waals surface area contributed by atoms with Crippen molar-refractivity contribution in [1.82, 2.24) is 15.5 Å². The van der Waals surface area contributed by atoms with Crippen molar-refractivity contribution in [3.63, 3.8) is 0 Å². The molecular formula is C7H11N5O3S. The third kappa shape index (κ3) is 4.19. The van der Waals surface area contributed by atoms with Gasteiger partial charge in [0.2, 0.25) is 10.0 Å². The summed E-state index contributed by atoms with van der Waals surface area (Å²) in [6, 6.07) is 2.80. The highest BCUT2D eigenvalue weighted by molar-refractivity contribution is 7.89. The first kappa shape index (κ1) is 12.3. The summed E-state index contributed by atoms with van der Waals surface area (Å²) in [5.74, 6) is -0.668. The van der Waals surface area contributed by atoms with Crippen LogP contribution < -0.4 is 16.2 Å². The average molecular weight is 245 g/mol. The SMILES string of the molecule is Nc1ccc(C(=O)NCCS(N)(=O)=O)nn1. The van der Waals surface area contributed by atoms with E-state index in [1.165, 1.54) is 12.1 Å². The molecule has 0 aliphatic carbocycles. The maximum absolute atomic E-state index is 11.4. The molecule has 1 aromatic heterocycles. The smallest absolute Gasteiger partial charge is 0.271 e. The van der Waals surface area contributed by atoms with Gasteiger partial charge < -0.3 is 11.1 Å². The Hall–Kier alpha value is -1.74. The Morgan fingerprint density at radius 3 is 2.56 bits per heavy atom. The normalized spacial score (nSPS) is 11.1. The van der Waals surface area contributed by atoms with Crippen LogP contribution in [0.4, 0.5) is 5.82 Å². The lowest BCUT2D eigenvalue weighted by Gasteiger charge is -2.02. The van der Waals surface area contributed by atoms with E-state index in [1.54, 1.807) is 0 Å². The number of sulfonamides is 1. The van der Waals surface area contributed by atoms with Gasteiger partial charge in [-0.25, -0.2) is 13.6 Å². The summed E-state index contributed by atoms with van der Waals surface area (Å²) < 4.78 is 21.2. The Balaban J connectivity index is 2.50. The summed E-state index contributed by atoms with van der Waals surface area (Å²) in [4.78, 5) is 11.4. The highest BCUT2D eigenvalue weighted by Gasteiger charge is 2.08. The van der Waals surface area contributed by atoms with E-state index in [4.69, 9.17) is 10.9 Å². The largest absolute Gasteiger partial charge is 0.382 e. The molecule has 0 saturated carbocycles. The molecule has 0 saturated heterocycles. The molecule has 9 heteroatoms. The van der Waals surface area contributed by atoms with E-state index in [-0.39, 0.29) is 23.8 Å². The second-order valence-corrected chi connectivity index (χ2v) is 4.70. The second kappa shape index (κ2) is 4.86. The van der Waals surface area contributed by atoms with Crippen LogP contribution in [0.5, 0.6) is 0 Å². The van der Waals surface area contributed by atoms with Gasteiger partial charge in [-0.05, 0) is 12.1 Å². The monoisotopic (exact) mass is 245 g/mol. The highest BCUT2D eigenvalue weighted by Crippen LogP contribution is 1.96. The van der Waals surface area contributed by atoms with Crippen LogP contribution in [0.1, 0.15) is 10.5 Å². The van der Waals surface area contributed by atoms with Gasteiger partial charge in [0.25, 0.3) is 5.91 Å². The van der Waals surface area contributed by atoms with Crippen LogP contribution in [0.25, 0.3) is 0 Å². The molecule has 0 spiro atoms. The molecule has 0 aromatic carbocycles. The molecule has 0 unspecified atom stereocenters. The predicted molar refractivity (Wildman–Crippen MR) is 56.8 cm³/mol. The Bertz CT molecular complexity index is 469. The number of nitrogens with two attached hydrogens (primary N) is 2. The number of nitrogens with zero attached hydrogens (tertiary/aromatic N) is 2. The van der Waals surface area contributed by atoms with E-state index in [2.05, 4.69) is 15.5 Å². The van der Waals surface area contributed by atoms with Gasteiger partial charge in [-0.1, -0.05) is 0 Å². The van der Waals surface area contributed by atoms with E-state index in [9.17, 15) is 13.2 Å². The van der Waals surface area contributed by atoms with Crippen molar-refractivity contribution >= 4 is 21.7 Å². The first-order chi connectivity index (χ1) is 7.38. The molecule has 16 heavy (non-hydrogen) atoms. The fraction of sp³-hybridized carbons (Fsp3) is 0.286. The molecule has 1 rings (SSSR count). The molecule has 0 fully saturated rings. The lowest BCUT2D eigenvalue weighted by atomic mass is 10.3. The Morgan fingerprint density at radius 2 is 2.06 bits per heavy atom. The van der Waals surface area contributed by atoms with Crippen LogP contribution in [0.15, 0.2) is 12.1 Å². The molecule has 0 aliphatic heterocycles. The molecule has 5 N–H and O–H groups in total. The number of rotatable bonds is 4. The minimum Gasteiger partial charge on any atom is -0.382 e. The van der Waals surface area contributed by atoms with Crippen molar-refractivity contribution in [3.8, 4) is 0 Å². The number of anilines is 1. The summed E-state index contributed by atoms with van der Waals surface area (Å²) in [6.07, 6.45) is 0. The number of nitrogen functional groups attached to an aromatic ring is 1. The molecule has 0 aliphatic rings. The first-order valence-electron chi connectivity index (χ1n) is 4.26. The molecular weight excluding hydrogens is 234 g/mol. The third-order valence-corrected chi connectivity index (χ3v) is 2.36. The van der Waals surface area contributed by atoms with Crippen LogP contribution in [0.3, 0.4) is 0 Å². The number of carbonyl (C=O) groups excluding carboxylic acids is 1. The summed E-state index contributed by atoms with van der Waals surface area (Å²) in [7, 11) is -3.58. The number of carbonyl (C=O) groups is 1. The van der Waals surface area contributed by atoms with Crippen LogP contribution in [0.2, 0.25) is 0 Å². The van der Waals surface area contributed by atoms with Crippen molar-refractivity contribution in [2.45, 2.75) is 0 Å². The van der Waals surface area contributed by atoms with E-state index in [0.29, 0.717) is 0 Å². The van der Waals surface area contributed by atoms with Crippen molar-refractivity contribution in [1.29, 1.82) is 0 Å². The molecule has 1 aromatic rings. The van der Waals surface area contributed by atoms with Crippen molar-refractivity contribution in [2.75, 3.05) is 18.0 Å². The van der Waals surface area contributed by atoms with E-state index >= 15 is 0 Å². The minimum atomic E-state index is -3.58. The number of hydrogen-bond donors (Lipinski definition) is 3. The van der Waals surface area contributed by atoms with Gasteiger partial charge >= 0.3 is 0 Å². The average Bonchev–Trinajstić information content (AvgIpc) is 2.16. The van der Waals surface area contributed by atoms with Gasteiger partial charge in [0.1, 0.15) is 5.82 Å². The van der Waals surface area contributed by atoms with Crippen LogP contribution in [-0.2, 0) is 10.0 Å². The van der Waals surface area contributed by atoms with Crippen molar-refractivity contribution in [2.24, 2.45) is 5.14 Å². The van der Waals surface area contributed by atoms with Gasteiger partial charge in [0.15, 0.2) is 5.69 Å². The van der Waals surface area contributed by atoms with E-state index in [1.807, 2.05) is 0 Å². The molecule has 0 atom stereocenters. The molecule has 88 valence electrons. The fourth-order valence-corrected chi connectivity index (χ4v) is 1.25. The third-order valence-electron chi connectivity index (χ3n) is 1.59. The Kier molecular flexibility index (Phi) is 3.74. The van der Waals surface area contributed by atoms with E-state index < -0.39 is 15.9 Å². The second-order valence-electron chi connectivity index (χ2n) is 2.97. The van der Waals surface area contributed by atoms with Crippen LogP contribution in [-0.4, -0.2) is 36.8 Å². The topological polar surface area (TPSA) is 141 Å². The maximum atomic E-state index is 11.4. The molecule has 8 nitrogen and oxygen atoms in total. The standard InChI is InChI=1S/C7H11N5O3S/c8-6-2-1-5(11-12-6)7(13)10-3-4-16(9,14)15/h1-2H,3-4H2,(H2,8,12)(H,10,13)(H2,9,14,15). The summed E-state index contributed by atoms with van der Waals surface area (Å²) >= 11 is 0. The predicted octanol–water partition coefficient (Wildman–Crippen LogP) is -1.92. The maximum Gasteiger partial charge on any atom is 0.271 e. The zero-order valence-electron chi connectivity index (χ0n) is 8.25. The summed E-state index contributed by atoms with van der Waals surface area (Å²) in [6.45, 7) is -0.0796. The number of primary sulfonamides is 1. The minimum absolute atomic E-state index is 0.0589. The van der Waals surface area contributed by atoms with E-state index in [0.717, 1.165) is 0 Å². The van der Waals surface area contributed by atoms with Crippen molar-refractivity contribution < 1.29 is 13.2 Å². The van der Waals surface area contributed by atoms with Crippen LogP contribution >= 0.6 is 0 Å². The zero-order chi connectivity index (χ0) is 12.2. The molecule has 1 heterocycles. The van der Waals surface area contributed by atoms with Gasteiger partial charge in [-0.15, -0.1) is 10.2 Å². The van der Waals surface area contributed by atoms with Gasteiger partial charge in [0, 0.05) is 6.54 Å². The van der Waals surface area contributed by atoms with Crippen LogP contribution in [0, 0.1) is 0 Å². The Morgan fingerprint density at radius 1 is 1.38 bits per heavy atom. The molecule has 0 radical (unpaired) electrons. The number of hydrogen-bond acceptors (Lipinski definition) is 6. The van der Waals surface area contributed by atoms with Crippen molar-refractivity contribution in [3.05, 3.63) is 17.8 Å². The first-order valence-corrected chi connectivity index (χ1v) is 5.98. The lowest BCUT2D eigenvalue weighted by molar-refractivity contribution is 0.0950. The van der Waals surface area contributed by atoms with Gasteiger partial charge in [-0.2, -0.15) is 0 Å². The molecule has 0 bridgehead atoms. The van der Waals surface area contributed by atoms with Gasteiger partial charge in [0.05, 0.1) is 5.75 Å². The quantitative estimate of drug-likeness (QED) is 0.564. The highest BCUT2D eigenvalue weighted by atomic mass is 32.2. The zero-order valence-corrected chi connectivity index (χ0v) is 9.07. The molecule has 1 amide bonds. The van der Waals surface area contributed by atoms with Gasteiger partial charge in [-0.3, -0.25) is 4.79 Å².